The number of rotatable bonds is 4. The first-order chi connectivity index (χ1) is 11.1. The molecule has 1 heterocycles. The lowest BCUT2D eigenvalue weighted by Gasteiger charge is -2.13. The number of anilines is 1. The Labute approximate surface area is 149 Å². The van der Waals surface area contributed by atoms with Crippen LogP contribution in [0.5, 0.6) is 0 Å². The number of hydrogen-bond acceptors (Lipinski definition) is 4. The Bertz CT molecular complexity index is 766. The van der Waals surface area contributed by atoms with Crippen molar-refractivity contribution in [1.82, 2.24) is 14.8 Å². The predicted octanol–water partition coefficient (Wildman–Crippen LogP) is 4.26. The smallest absolute Gasteiger partial charge is 0.324 e. The van der Waals surface area contributed by atoms with E-state index in [1.807, 2.05) is 0 Å². The SMILES string of the molecule is C[C@H](Sc1nnc(C(F)(F)F)n1C)C(=O)Nc1cccc(Cl)c1Cl. The van der Waals surface area contributed by atoms with Crippen molar-refractivity contribution in [2.75, 3.05) is 5.32 Å². The van der Waals surface area contributed by atoms with Gasteiger partial charge in [-0.2, -0.15) is 13.2 Å². The molecule has 0 aliphatic rings. The van der Waals surface area contributed by atoms with Crippen molar-refractivity contribution in [3.8, 4) is 0 Å². The summed E-state index contributed by atoms with van der Waals surface area (Å²) in [6, 6.07) is 4.74. The van der Waals surface area contributed by atoms with Crippen molar-refractivity contribution in [3.63, 3.8) is 0 Å². The van der Waals surface area contributed by atoms with Gasteiger partial charge in [0, 0.05) is 7.05 Å². The highest BCUT2D eigenvalue weighted by Gasteiger charge is 2.37. The quantitative estimate of drug-likeness (QED) is 0.781. The highest BCUT2D eigenvalue weighted by Crippen LogP contribution is 2.32. The van der Waals surface area contributed by atoms with Crippen LogP contribution in [-0.2, 0) is 18.0 Å². The molecule has 24 heavy (non-hydrogen) atoms. The summed E-state index contributed by atoms with van der Waals surface area (Å²) in [6.07, 6.45) is -4.61. The summed E-state index contributed by atoms with van der Waals surface area (Å²) in [5.74, 6) is -1.59. The van der Waals surface area contributed by atoms with Crippen LogP contribution >= 0.6 is 35.0 Å². The fourth-order valence-electron chi connectivity index (χ4n) is 1.71. The van der Waals surface area contributed by atoms with Gasteiger partial charge in [-0.3, -0.25) is 4.79 Å². The second-order valence-corrected chi connectivity index (χ2v) is 6.81. The maximum atomic E-state index is 12.7. The van der Waals surface area contributed by atoms with E-state index in [4.69, 9.17) is 23.2 Å². The van der Waals surface area contributed by atoms with Crippen LogP contribution in [0.1, 0.15) is 12.7 Å². The molecule has 0 saturated heterocycles. The summed E-state index contributed by atoms with van der Waals surface area (Å²) in [4.78, 5) is 12.2. The first kappa shape index (κ1) is 18.9. The van der Waals surface area contributed by atoms with E-state index in [2.05, 4.69) is 15.5 Å². The minimum absolute atomic E-state index is 0.0258. The van der Waals surface area contributed by atoms with E-state index in [1.165, 1.54) is 14.0 Å². The van der Waals surface area contributed by atoms with Crippen molar-refractivity contribution in [2.24, 2.45) is 7.05 Å². The Hall–Kier alpha value is -1.45. The van der Waals surface area contributed by atoms with Crippen LogP contribution in [0.3, 0.4) is 0 Å². The van der Waals surface area contributed by atoms with Gasteiger partial charge >= 0.3 is 6.18 Å². The number of aromatic nitrogens is 3. The number of amides is 1. The molecule has 1 amide bonds. The molecule has 130 valence electrons. The fraction of sp³-hybridized carbons (Fsp3) is 0.308. The topological polar surface area (TPSA) is 59.8 Å². The number of benzene rings is 1. The minimum Gasteiger partial charge on any atom is -0.324 e. The number of alkyl halides is 3. The summed E-state index contributed by atoms with van der Waals surface area (Å²) in [6.45, 7) is 1.53. The largest absolute Gasteiger partial charge is 0.451 e. The zero-order valence-corrected chi connectivity index (χ0v) is 14.7. The van der Waals surface area contributed by atoms with E-state index < -0.39 is 23.2 Å². The second-order valence-electron chi connectivity index (χ2n) is 4.71. The molecule has 5 nitrogen and oxygen atoms in total. The molecule has 1 atom stereocenters. The maximum absolute atomic E-state index is 12.7. The zero-order valence-electron chi connectivity index (χ0n) is 12.4. The molecule has 0 spiro atoms. The third-order valence-corrected chi connectivity index (χ3v) is 4.90. The molecule has 0 fully saturated rings. The molecule has 2 rings (SSSR count). The Morgan fingerprint density at radius 1 is 1.33 bits per heavy atom. The zero-order chi connectivity index (χ0) is 18.1. The van der Waals surface area contributed by atoms with Gasteiger partial charge in [0.1, 0.15) is 0 Å². The molecular formula is C13H11Cl2F3N4OS. The fourth-order valence-corrected chi connectivity index (χ4v) is 2.87. The van der Waals surface area contributed by atoms with Crippen molar-refractivity contribution in [1.29, 1.82) is 0 Å². The standard InChI is InChI=1S/C13H11Cl2F3N4OS/c1-6(10(23)19-8-5-3-4-7(14)9(8)15)24-12-21-20-11(22(12)2)13(16,17)18/h3-6H,1-2H3,(H,19,23)/t6-/m0/s1. The highest BCUT2D eigenvalue weighted by atomic mass is 35.5. The highest BCUT2D eigenvalue weighted by molar-refractivity contribution is 8.00. The first-order valence-electron chi connectivity index (χ1n) is 6.49. The molecule has 11 heteroatoms. The monoisotopic (exact) mass is 398 g/mol. The van der Waals surface area contributed by atoms with Crippen LogP contribution in [0.4, 0.5) is 18.9 Å². The molecule has 0 unspecified atom stereocenters. The predicted molar refractivity (Wildman–Crippen MR) is 86.4 cm³/mol. The molecule has 1 aromatic heterocycles. The van der Waals surface area contributed by atoms with E-state index >= 15 is 0 Å². The van der Waals surface area contributed by atoms with E-state index in [9.17, 15) is 18.0 Å². The molecule has 0 bridgehead atoms. The average molecular weight is 399 g/mol. The van der Waals surface area contributed by atoms with Crippen molar-refractivity contribution >= 4 is 46.6 Å². The van der Waals surface area contributed by atoms with Gasteiger partial charge in [-0.25, -0.2) is 0 Å². The van der Waals surface area contributed by atoms with Crippen molar-refractivity contribution in [3.05, 3.63) is 34.1 Å². The first-order valence-corrected chi connectivity index (χ1v) is 8.13. The number of nitrogens with zero attached hydrogens (tertiary/aromatic N) is 3. The number of carbonyl (C=O) groups is 1. The molecule has 0 aliphatic heterocycles. The normalized spacial score (nSPS) is 13.0. The van der Waals surface area contributed by atoms with Gasteiger partial charge in [0.2, 0.25) is 11.7 Å². The lowest BCUT2D eigenvalue weighted by molar-refractivity contribution is -0.147. The Kier molecular flexibility index (Phi) is 5.67. The Morgan fingerprint density at radius 2 is 2.00 bits per heavy atom. The van der Waals surface area contributed by atoms with Crippen LogP contribution < -0.4 is 5.32 Å². The van der Waals surface area contributed by atoms with Crippen LogP contribution in [0.25, 0.3) is 0 Å². The van der Waals surface area contributed by atoms with Gasteiger partial charge in [-0.05, 0) is 19.1 Å². The summed E-state index contributed by atoms with van der Waals surface area (Å²) in [7, 11) is 1.18. The van der Waals surface area contributed by atoms with Crippen LogP contribution in [-0.4, -0.2) is 25.9 Å². The van der Waals surface area contributed by atoms with Gasteiger partial charge in [0.05, 0.1) is 21.0 Å². The molecular weight excluding hydrogens is 388 g/mol. The van der Waals surface area contributed by atoms with E-state index in [-0.39, 0.29) is 15.2 Å². The molecule has 1 aromatic carbocycles. The lowest BCUT2D eigenvalue weighted by Crippen LogP contribution is -2.23. The van der Waals surface area contributed by atoms with Crippen molar-refractivity contribution < 1.29 is 18.0 Å². The average Bonchev–Trinajstić information content (AvgIpc) is 2.85. The molecule has 0 saturated carbocycles. The lowest BCUT2D eigenvalue weighted by atomic mass is 10.3. The van der Waals surface area contributed by atoms with Crippen LogP contribution in [0.15, 0.2) is 23.4 Å². The second kappa shape index (κ2) is 7.20. The summed E-state index contributed by atoms with van der Waals surface area (Å²) in [5, 5.41) is 8.85. The summed E-state index contributed by atoms with van der Waals surface area (Å²) >= 11 is 12.7. The third-order valence-electron chi connectivity index (χ3n) is 2.95. The van der Waals surface area contributed by atoms with Gasteiger partial charge in [-0.1, -0.05) is 41.0 Å². The van der Waals surface area contributed by atoms with E-state index in [0.717, 1.165) is 16.3 Å². The number of carbonyl (C=O) groups excluding carboxylic acids is 1. The summed E-state index contributed by atoms with van der Waals surface area (Å²) in [5.41, 5.74) is 0.315. The maximum Gasteiger partial charge on any atom is 0.451 e. The molecule has 2 aromatic rings. The van der Waals surface area contributed by atoms with Crippen LogP contribution in [0, 0.1) is 0 Å². The van der Waals surface area contributed by atoms with Gasteiger partial charge in [-0.15, -0.1) is 10.2 Å². The number of hydrogen-bond donors (Lipinski definition) is 1. The van der Waals surface area contributed by atoms with Crippen molar-refractivity contribution in [2.45, 2.75) is 23.5 Å². The Balaban J connectivity index is 2.10. The molecule has 1 N–H and O–H groups in total. The van der Waals surface area contributed by atoms with Gasteiger partial charge < -0.3 is 9.88 Å². The van der Waals surface area contributed by atoms with Gasteiger partial charge in [0.15, 0.2) is 5.16 Å². The van der Waals surface area contributed by atoms with Gasteiger partial charge in [0.25, 0.3) is 0 Å². The molecule has 0 radical (unpaired) electrons. The summed E-state index contributed by atoms with van der Waals surface area (Å²) < 4.78 is 38.9. The number of nitrogens with one attached hydrogen (secondary N) is 1. The number of halogens is 5. The molecule has 0 aliphatic carbocycles. The minimum atomic E-state index is -4.61. The van der Waals surface area contributed by atoms with E-state index in [1.54, 1.807) is 18.2 Å². The Morgan fingerprint density at radius 3 is 2.58 bits per heavy atom. The van der Waals surface area contributed by atoms with E-state index in [0.29, 0.717) is 5.69 Å². The van der Waals surface area contributed by atoms with Crippen LogP contribution in [0.2, 0.25) is 10.0 Å². The third kappa shape index (κ3) is 4.14. The number of thioether (sulfide) groups is 1.